The van der Waals surface area contributed by atoms with E-state index in [1.165, 1.54) is 5.39 Å². The van der Waals surface area contributed by atoms with Crippen LogP contribution in [0, 0.1) is 13.8 Å². The van der Waals surface area contributed by atoms with E-state index >= 15 is 0 Å². The molecule has 1 aliphatic heterocycles. The summed E-state index contributed by atoms with van der Waals surface area (Å²) in [7, 11) is 0. The van der Waals surface area contributed by atoms with Crippen molar-refractivity contribution in [2.75, 3.05) is 26.2 Å². The van der Waals surface area contributed by atoms with Crippen LogP contribution in [0.5, 0.6) is 5.75 Å². The van der Waals surface area contributed by atoms with Crippen LogP contribution in [0.25, 0.3) is 10.8 Å². The third-order valence-corrected chi connectivity index (χ3v) is 6.20. The molecule has 1 fully saturated rings. The number of aromatic nitrogens is 1. The highest BCUT2D eigenvalue weighted by atomic mass is 16.5. The second-order valence-electron chi connectivity index (χ2n) is 8.43. The van der Waals surface area contributed by atoms with Crippen molar-refractivity contribution >= 4 is 16.7 Å². The molecule has 3 heterocycles. The number of furan rings is 1. The predicted molar refractivity (Wildman–Crippen MR) is 124 cm³/mol. The van der Waals surface area contributed by atoms with Crippen LogP contribution in [-0.2, 0) is 13.2 Å². The van der Waals surface area contributed by atoms with Gasteiger partial charge in [0, 0.05) is 38.3 Å². The Labute approximate surface area is 192 Å². The molecule has 4 aromatic rings. The second kappa shape index (κ2) is 9.11. The molecule has 1 aliphatic rings. The molecule has 33 heavy (non-hydrogen) atoms. The van der Waals surface area contributed by atoms with Crippen molar-refractivity contribution in [3.8, 4) is 5.75 Å². The minimum Gasteiger partial charge on any atom is -0.486 e. The summed E-state index contributed by atoms with van der Waals surface area (Å²) in [5.74, 6) is 2.53. The van der Waals surface area contributed by atoms with Crippen molar-refractivity contribution in [2.45, 2.75) is 27.0 Å². The predicted octanol–water partition coefficient (Wildman–Crippen LogP) is 4.57. The van der Waals surface area contributed by atoms with Gasteiger partial charge in [0.05, 0.1) is 5.69 Å². The standard InChI is InChI=1S/C26H27N3O4/c1-18-24(19(2)33-27-18)16-28-11-13-29(14-12-28)26(30)25-10-9-23(32-25)17-31-22-8-7-20-5-3-4-6-21(20)15-22/h3-10,15H,11-14,16-17H2,1-2H3. The molecule has 0 aliphatic carbocycles. The minimum absolute atomic E-state index is 0.0797. The number of rotatable bonds is 6. The van der Waals surface area contributed by atoms with Gasteiger partial charge >= 0.3 is 0 Å². The largest absolute Gasteiger partial charge is 0.486 e. The average Bonchev–Trinajstić information content (AvgIpc) is 3.45. The number of carbonyl (C=O) groups excluding carboxylic acids is 1. The Morgan fingerprint density at radius 1 is 1.00 bits per heavy atom. The first-order chi connectivity index (χ1) is 16.1. The Bertz CT molecular complexity index is 1250. The quantitative estimate of drug-likeness (QED) is 0.433. The van der Waals surface area contributed by atoms with Crippen molar-refractivity contribution in [3.05, 3.63) is 83.1 Å². The molecule has 1 saturated heterocycles. The number of hydrogen-bond donors (Lipinski definition) is 0. The Morgan fingerprint density at radius 2 is 1.79 bits per heavy atom. The molecule has 7 heteroatoms. The Hall–Kier alpha value is -3.58. The topological polar surface area (TPSA) is 72.0 Å². The Morgan fingerprint density at radius 3 is 2.55 bits per heavy atom. The highest BCUT2D eigenvalue weighted by molar-refractivity contribution is 5.91. The zero-order valence-corrected chi connectivity index (χ0v) is 18.9. The summed E-state index contributed by atoms with van der Waals surface area (Å²) in [6, 6.07) is 17.7. The van der Waals surface area contributed by atoms with Crippen LogP contribution in [0.3, 0.4) is 0 Å². The monoisotopic (exact) mass is 445 g/mol. The molecular formula is C26H27N3O4. The lowest BCUT2D eigenvalue weighted by Crippen LogP contribution is -2.48. The molecule has 0 saturated carbocycles. The lowest BCUT2D eigenvalue weighted by Gasteiger charge is -2.34. The summed E-state index contributed by atoms with van der Waals surface area (Å²) in [6.45, 7) is 7.88. The van der Waals surface area contributed by atoms with Crippen LogP contribution in [0.4, 0.5) is 0 Å². The van der Waals surface area contributed by atoms with Crippen LogP contribution in [0.1, 0.15) is 33.3 Å². The molecule has 7 nitrogen and oxygen atoms in total. The molecule has 2 aromatic heterocycles. The molecular weight excluding hydrogens is 418 g/mol. The summed E-state index contributed by atoms with van der Waals surface area (Å²) in [5, 5.41) is 6.32. The van der Waals surface area contributed by atoms with E-state index < -0.39 is 0 Å². The van der Waals surface area contributed by atoms with Gasteiger partial charge in [0.1, 0.15) is 23.9 Å². The molecule has 2 aromatic carbocycles. The summed E-state index contributed by atoms with van der Waals surface area (Å²) in [5.41, 5.74) is 2.07. The summed E-state index contributed by atoms with van der Waals surface area (Å²) in [4.78, 5) is 17.1. The number of ether oxygens (including phenoxy) is 1. The Balaban J connectivity index is 1.15. The third kappa shape index (κ3) is 4.64. The van der Waals surface area contributed by atoms with Gasteiger partial charge in [0.2, 0.25) is 0 Å². The van der Waals surface area contributed by atoms with Crippen LogP contribution in [-0.4, -0.2) is 47.0 Å². The van der Waals surface area contributed by atoms with E-state index in [2.05, 4.69) is 22.2 Å². The van der Waals surface area contributed by atoms with Crippen molar-refractivity contribution < 1.29 is 18.5 Å². The number of benzene rings is 2. The highest BCUT2D eigenvalue weighted by Gasteiger charge is 2.25. The number of nitrogens with zero attached hydrogens (tertiary/aromatic N) is 3. The first kappa shape index (κ1) is 21.3. The molecule has 1 amide bonds. The first-order valence-corrected chi connectivity index (χ1v) is 11.2. The van der Waals surface area contributed by atoms with E-state index in [1.807, 2.05) is 55.1 Å². The second-order valence-corrected chi connectivity index (χ2v) is 8.43. The van der Waals surface area contributed by atoms with Crippen LogP contribution >= 0.6 is 0 Å². The van der Waals surface area contributed by atoms with Gasteiger partial charge in [-0.05, 0) is 48.9 Å². The number of carbonyl (C=O) groups is 1. The molecule has 0 N–H and O–H groups in total. The number of fused-ring (bicyclic) bond motifs is 1. The van der Waals surface area contributed by atoms with Gasteiger partial charge in [-0.15, -0.1) is 0 Å². The average molecular weight is 446 g/mol. The zero-order chi connectivity index (χ0) is 22.8. The van der Waals surface area contributed by atoms with Crippen molar-refractivity contribution in [3.63, 3.8) is 0 Å². The summed E-state index contributed by atoms with van der Waals surface area (Å²) in [6.07, 6.45) is 0. The fraction of sp³-hybridized carbons (Fsp3) is 0.308. The van der Waals surface area contributed by atoms with E-state index in [4.69, 9.17) is 13.7 Å². The smallest absolute Gasteiger partial charge is 0.289 e. The SMILES string of the molecule is Cc1noc(C)c1CN1CCN(C(=O)c2ccc(COc3ccc4ccccc4c3)o2)CC1. The lowest BCUT2D eigenvalue weighted by atomic mass is 10.1. The number of amides is 1. The minimum atomic E-state index is -0.0797. The molecule has 0 atom stereocenters. The Kier molecular flexibility index (Phi) is 5.88. The van der Waals surface area contributed by atoms with Crippen molar-refractivity contribution in [1.82, 2.24) is 15.0 Å². The van der Waals surface area contributed by atoms with Gasteiger partial charge in [-0.2, -0.15) is 0 Å². The molecule has 0 unspecified atom stereocenters. The van der Waals surface area contributed by atoms with Gasteiger partial charge in [-0.3, -0.25) is 9.69 Å². The first-order valence-electron chi connectivity index (χ1n) is 11.2. The molecule has 0 radical (unpaired) electrons. The normalized spacial score (nSPS) is 14.7. The molecule has 170 valence electrons. The van der Waals surface area contributed by atoms with Gasteiger partial charge < -0.3 is 18.6 Å². The number of hydrogen-bond acceptors (Lipinski definition) is 6. The van der Waals surface area contributed by atoms with E-state index in [0.29, 0.717) is 24.6 Å². The van der Waals surface area contributed by atoms with Gasteiger partial charge in [-0.25, -0.2) is 0 Å². The van der Waals surface area contributed by atoms with Crippen LogP contribution in [0.15, 0.2) is 63.5 Å². The summed E-state index contributed by atoms with van der Waals surface area (Å²) >= 11 is 0. The van der Waals surface area contributed by atoms with E-state index in [0.717, 1.165) is 47.8 Å². The maximum Gasteiger partial charge on any atom is 0.289 e. The number of piperazine rings is 1. The molecule has 5 rings (SSSR count). The van der Waals surface area contributed by atoms with Crippen LogP contribution < -0.4 is 4.74 Å². The van der Waals surface area contributed by atoms with Gasteiger partial charge in [-0.1, -0.05) is 35.5 Å². The van der Waals surface area contributed by atoms with Crippen molar-refractivity contribution in [2.24, 2.45) is 0 Å². The fourth-order valence-electron chi connectivity index (χ4n) is 4.20. The highest BCUT2D eigenvalue weighted by Crippen LogP contribution is 2.22. The molecule has 0 bridgehead atoms. The lowest BCUT2D eigenvalue weighted by molar-refractivity contribution is 0.0593. The zero-order valence-electron chi connectivity index (χ0n) is 18.9. The number of aryl methyl sites for hydroxylation is 2. The molecule has 0 spiro atoms. The van der Waals surface area contributed by atoms with E-state index in [1.54, 1.807) is 6.07 Å². The summed E-state index contributed by atoms with van der Waals surface area (Å²) < 4.78 is 16.9. The maximum atomic E-state index is 12.9. The fourth-order valence-corrected chi connectivity index (χ4v) is 4.20. The van der Waals surface area contributed by atoms with Gasteiger partial charge in [0.15, 0.2) is 5.76 Å². The third-order valence-electron chi connectivity index (χ3n) is 6.20. The van der Waals surface area contributed by atoms with Crippen molar-refractivity contribution in [1.29, 1.82) is 0 Å². The van der Waals surface area contributed by atoms with Gasteiger partial charge in [0.25, 0.3) is 5.91 Å². The van der Waals surface area contributed by atoms with E-state index in [9.17, 15) is 4.79 Å². The van der Waals surface area contributed by atoms with E-state index in [-0.39, 0.29) is 12.5 Å². The van der Waals surface area contributed by atoms with Crippen LogP contribution in [0.2, 0.25) is 0 Å². The maximum absolute atomic E-state index is 12.9.